The van der Waals surface area contributed by atoms with Crippen molar-refractivity contribution < 1.29 is 9.32 Å². The number of carbonyl (C=O) groups excluding carboxylic acids is 1. The third-order valence-corrected chi connectivity index (χ3v) is 3.70. The molecule has 2 N–H and O–H groups in total. The van der Waals surface area contributed by atoms with E-state index in [0.29, 0.717) is 17.4 Å². The Kier molecular flexibility index (Phi) is 4.57. The minimum Gasteiger partial charge on any atom is -0.360 e. The molecule has 2 aromatic heterocycles. The molecule has 122 valence electrons. The zero-order chi connectivity index (χ0) is 17.1. The van der Waals surface area contributed by atoms with Crippen LogP contribution in [0.5, 0.6) is 0 Å². The third-order valence-electron chi connectivity index (χ3n) is 3.21. The van der Waals surface area contributed by atoms with Gasteiger partial charge in [0.2, 0.25) is 0 Å². The van der Waals surface area contributed by atoms with Gasteiger partial charge < -0.3 is 15.2 Å². The Morgan fingerprint density at radius 1 is 1.12 bits per heavy atom. The average molecular weight is 388 g/mol. The van der Waals surface area contributed by atoms with Crippen LogP contribution in [0.2, 0.25) is 0 Å². The van der Waals surface area contributed by atoms with Crippen LogP contribution in [0.1, 0.15) is 21.8 Å². The first-order valence-electron chi connectivity index (χ1n) is 7.11. The molecule has 0 spiro atoms. The summed E-state index contributed by atoms with van der Waals surface area (Å²) in [4.78, 5) is 20.4. The minimum atomic E-state index is -0.401. The number of halogens is 1. The van der Waals surface area contributed by atoms with Gasteiger partial charge in [-0.3, -0.25) is 4.79 Å². The van der Waals surface area contributed by atoms with Gasteiger partial charge in [-0.15, -0.1) is 0 Å². The summed E-state index contributed by atoms with van der Waals surface area (Å²) in [5, 5.41) is 9.46. The lowest BCUT2D eigenvalue weighted by Gasteiger charge is -2.09. The molecular formula is C16H14BrN5O2. The van der Waals surface area contributed by atoms with Crippen molar-refractivity contribution in [1.29, 1.82) is 0 Å². The monoisotopic (exact) mass is 387 g/mol. The highest BCUT2D eigenvalue weighted by Gasteiger charge is 2.11. The predicted octanol–water partition coefficient (Wildman–Crippen LogP) is 3.84. The summed E-state index contributed by atoms with van der Waals surface area (Å²) < 4.78 is 5.90. The topological polar surface area (TPSA) is 92.9 Å². The zero-order valence-corrected chi connectivity index (χ0v) is 14.6. The molecule has 8 heteroatoms. The molecule has 0 unspecified atom stereocenters. The normalized spacial score (nSPS) is 10.5. The number of aromatic nitrogens is 3. The molecule has 0 aliphatic rings. The van der Waals surface area contributed by atoms with Crippen molar-refractivity contribution in [1.82, 2.24) is 15.1 Å². The van der Waals surface area contributed by atoms with Crippen molar-refractivity contribution in [2.75, 3.05) is 10.6 Å². The molecule has 0 fully saturated rings. The van der Waals surface area contributed by atoms with E-state index in [9.17, 15) is 4.79 Å². The van der Waals surface area contributed by atoms with Gasteiger partial charge in [-0.25, -0.2) is 9.97 Å². The second-order valence-corrected chi connectivity index (χ2v) is 6.06. The molecule has 0 aliphatic carbocycles. The zero-order valence-electron chi connectivity index (χ0n) is 13.0. The first-order chi connectivity index (χ1) is 11.5. The molecule has 7 nitrogen and oxygen atoms in total. The maximum atomic E-state index is 12.1. The van der Waals surface area contributed by atoms with Gasteiger partial charge in [0, 0.05) is 16.2 Å². The van der Waals surface area contributed by atoms with Crippen LogP contribution < -0.4 is 10.6 Å². The molecule has 0 saturated heterocycles. The number of benzene rings is 1. The standard InChI is InChI=1S/C16H14BrN5O2/c1-9-5-11(17)3-4-12(9)20-15-8-18-13(7-19-15)16(23)21-14-6-10(2)24-22-14/h3-8H,1-2H3,(H,19,20)(H,21,22,23). The summed E-state index contributed by atoms with van der Waals surface area (Å²) in [6.45, 7) is 3.73. The smallest absolute Gasteiger partial charge is 0.277 e. The number of hydrogen-bond acceptors (Lipinski definition) is 6. The van der Waals surface area contributed by atoms with Gasteiger partial charge in [0.25, 0.3) is 5.91 Å². The lowest BCUT2D eigenvalue weighted by Crippen LogP contribution is -2.14. The second-order valence-electron chi connectivity index (χ2n) is 5.15. The average Bonchev–Trinajstić information content (AvgIpc) is 2.96. The first kappa shape index (κ1) is 16.1. The summed E-state index contributed by atoms with van der Waals surface area (Å²) in [7, 11) is 0. The molecule has 2 heterocycles. The van der Waals surface area contributed by atoms with Gasteiger partial charge in [-0.05, 0) is 37.6 Å². The Morgan fingerprint density at radius 2 is 1.96 bits per heavy atom. The molecule has 3 aromatic rings. The van der Waals surface area contributed by atoms with E-state index in [1.165, 1.54) is 12.4 Å². The number of rotatable bonds is 4. The van der Waals surface area contributed by atoms with Gasteiger partial charge in [-0.2, -0.15) is 0 Å². The lowest BCUT2D eigenvalue weighted by molar-refractivity contribution is 0.102. The van der Waals surface area contributed by atoms with Crippen LogP contribution in [-0.2, 0) is 0 Å². The van der Waals surface area contributed by atoms with Crippen molar-refractivity contribution in [3.8, 4) is 0 Å². The Morgan fingerprint density at radius 3 is 2.58 bits per heavy atom. The van der Waals surface area contributed by atoms with Gasteiger partial charge in [0.05, 0.1) is 12.4 Å². The van der Waals surface area contributed by atoms with E-state index in [0.717, 1.165) is 15.7 Å². The van der Waals surface area contributed by atoms with Crippen LogP contribution in [0.15, 0.2) is 45.7 Å². The number of hydrogen-bond donors (Lipinski definition) is 2. The number of nitrogens with zero attached hydrogens (tertiary/aromatic N) is 3. The maximum absolute atomic E-state index is 12.1. The van der Waals surface area contributed by atoms with Crippen LogP contribution in [0.4, 0.5) is 17.3 Å². The van der Waals surface area contributed by atoms with Crippen molar-refractivity contribution in [3.63, 3.8) is 0 Å². The van der Waals surface area contributed by atoms with E-state index in [1.807, 2.05) is 25.1 Å². The number of anilines is 3. The van der Waals surface area contributed by atoms with Crippen molar-refractivity contribution >= 4 is 39.2 Å². The van der Waals surface area contributed by atoms with Crippen LogP contribution >= 0.6 is 15.9 Å². The Hall–Kier alpha value is -2.74. The largest absolute Gasteiger partial charge is 0.360 e. The number of aryl methyl sites for hydroxylation is 2. The lowest BCUT2D eigenvalue weighted by atomic mass is 10.2. The van der Waals surface area contributed by atoms with E-state index < -0.39 is 5.91 Å². The molecular weight excluding hydrogens is 374 g/mol. The van der Waals surface area contributed by atoms with Crippen molar-refractivity contribution in [2.45, 2.75) is 13.8 Å². The molecule has 1 amide bonds. The van der Waals surface area contributed by atoms with Crippen molar-refractivity contribution in [3.05, 3.63) is 58.1 Å². The predicted molar refractivity (Wildman–Crippen MR) is 93.4 cm³/mol. The van der Waals surface area contributed by atoms with E-state index in [-0.39, 0.29) is 5.69 Å². The summed E-state index contributed by atoms with van der Waals surface area (Å²) in [5.74, 6) is 1.10. The van der Waals surface area contributed by atoms with E-state index in [1.54, 1.807) is 13.0 Å². The number of nitrogens with one attached hydrogen (secondary N) is 2. The summed E-state index contributed by atoms with van der Waals surface area (Å²) >= 11 is 3.42. The Balaban J connectivity index is 1.69. The fourth-order valence-corrected chi connectivity index (χ4v) is 2.50. The summed E-state index contributed by atoms with van der Waals surface area (Å²) in [6.07, 6.45) is 2.91. The van der Waals surface area contributed by atoms with Gasteiger partial charge in [0.15, 0.2) is 5.82 Å². The van der Waals surface area contributed by atoms with Crippen LogP contribution in [0.25, 0.3) is 0 Å². The van der Waals surface area contributed by atoms with Crippen molar-refractivity contribution in [2.24, 2.45) is 0 Å². The summed E-state index contributed by atoms with van der Waals surface area (Å²) in [5.41, 5.74) is 2.17. The molecule has 0 atom stereocenters. The van der Waals surface area contributed by atoms with Gasteiger partial charge in [0.1, 0.15) is 17.3 Å². The van der Waals surface area contributed by atoms with Crippen LogP contribution in [-0.4, -0.2) is 21.0 Å². The van der Waals surface area contributed by atoms with Gasteiger partial charge >= 0.3 is 0 Å². The molecule has 24 heavy (non-hydrogen) atoms. The highest BCUT2D eigenvalue weighted by molar-refractivity contribution is 9.10. The highest BCUT2D eigenvalue weighted by Crippen LogP contribution is 2.22. The molecule has 0 bridgehead atoms. The maximum Gasteiger partial charge on any atom is 0.277 e. The van der Waals surface area contributed by atoms with E-state index in [2.05, 4.69) is 41.7 Å². The quantitative estimate of drug-likeness (QED) is 0.706. The molecule has 0 radical (unpaired) electrons. The molecule has 0 saturated carbocycles. The fraction of sp³-hybridized carbons (Fsp3) is 0.125. The second kappa shape index (κ2) is 6.79. The minimum absolute atomic E-state index is 0.189. The number of carbonyl (C=O) groups is 1. The fourth-order valence-electron chi connectivity index (χ4n) is 2.02. The molecule has 0 aliphatic heterocycles. The third kappa shape index (κ3) is 3.77. The van der Waals surface area contributed by atoms with Gasteiger partial charge in [-0.1, -0.05) is 21.1 Å². The molecule has 3 rings (SSSR count). The number of amides is 1. The first-order valence-corrected chi connectivity index (χ1v) is 7.90. The SMILES string of the molecule is Cc1cc(NC(=O)c2cnc(Nc3ccc(Br)cc3C)cn2)no1. The van der Waals surface area contributed by atoms with Crippen LogP contribution in [0, 0.1) is 13.8 Å². The molecule has 1 aromatic carbocycles. The van der Waals surface area contributed by atoms with E-state index in [4.69, 9.17) is 4.52 Å². The Bertz CT molecular complexity index is 876. The Labute approximate surface area is 146 Å². The van der Waals surface area contributed by atoms with E-state index >= 15 is 0 Å². The summed E-state index contributed by atoms with van der Waals surface area (Å²) in [6, 6.07) is 7.49. The highest BCUT2D eigenvalue weighted by atomic mass is 79.9. The van der Waals surface area contributed by atoms with Crippen LogP contribution in [0.3, 0.4) is 0 Å².